The maximum Gasteiger partial charge on any atom is 0.121 e. The number of aryl methyl sites for hydroxylation is 1. The highest BCUT2D eigenvalue weighted by Gasteiger charge is 2.24. The molecule has 1 aliphatic heterocycles. The Morgan fingerprint density at radius 1 is 1.09 bits per heavy atom. The van der Waals surface area contributed by atoms with Crippen molar-refractivity contribution in [2.75, 3.05) is 32.8 Å². The highest BCUT2D eigenvalue weighted by molar-refractivity contribution is 7.18. The lowest BCUT2D eigenvalue weighted by atomic mass is 9.98. The van der Waals surface area contributed by atoms with Crippen molar-refractivity contribution in [2.45, 2.75) is 26.0 Å². The number of hydrogen-bond donors (Lipinski definition) is 1. The predicted molar refractivity (Wildman–Crippen MR) is 136 cm³/mol. The molecule has 1 N–H and O–H groups in total. The molecule has 5 nitrogen and oxygen atoms in total. The molecule has 1 saturated heterocycles. The van der Waals surface area contributed by atoms with Crippen LogP contribution in [0.1, 0.15) is 23.5 Å². The zero-order valence-electron chi connectivity index (χ0n) is 19.1. The fraction of sp³-hybridized carbons (Fsp3) is 0.333. The molecular weight excluding hydrogens is 430 g/mol. The Bertz CT molecular complexity index is 1230. The summed E-state index contributed by atoms with van der Waals surface area (Å²) in [6, 6.07) is 21.4. The standard InChI is InChI=1S/C27H30N3O2S/c1-19(24-9-5-7-21-6-3-4-8-25(21)24)30-14-12-29(13-15-30)17-22(31)18-32-23-10-11-27-26(16-23)28-20(2)33-27/h3-11,14,16,19,22,31H,12-13,15,17-18H2,1-2H3/t19-,22-/m1/s1. The van der Waals surface area contributed by atoms with Gasteiger partial charge in [0.2, 0.25) is 0 Å². The van der Waals surface area contributed by atoms with Gasteiger partial charge < -0.3 is 9.84 Å². The number of β-amino-alcohol motifs (C(OH)–C–C–N with tert-alkyl or cyclic N) is 1. The van der Waals surface area contributed by atoms with Gasteiger partial charge in [0.1, 0.15) is 18.5 Å². The Labute approximate surface area is 199 Å². The number of nitrogens with zero attached hydrogens (tertiary/aromatic N) is 3. The third-order valence-corrected chi connectivity index (χ3v) is 7.35. The molecule has 0 unspecified atom stereocenters. The van der Waals surface area contributed by atoms with Crippen molar-refractivity contribution in [1.29, 1.82) is 0 Å². The van der Waals surface area contributed by atoms with E-state index in [2.05, 4.69) is 70.7 Å². The average Bonchev–Trinajstić information content (AvgIpc) is 3.21. The number of ether oxygens (including phenoxy) is 1. The third kappa shape index (κ3) is 5.04. The van der Waals surface area contributed by atoms with Gasteiger partial charge in [-0.25, -0.2) is 4.98 Å². The maximum absolute atomic E-state index is 10.5. The van der Waals surface area contributed by atoms with Crippen LogP contribution in [-0.4, -0.2) is 58.8 Å². The highest BCUT2D eigenvalue weighted by Crippen LogP contribution is 2.30. The first-order chi connectivity index (χ1) is 16.1. The van der Waals surface area contributed by atoms with Gasteiger partial charge in [0.25, 0.3) is 0 Å². The van der Waals surface area contributed by atoms with E-state index in [1.807, 2.05) is 25.1 Å². The van der Waals surface area contributed by atoms with Crippen LogP contribution >= 0.6 is 11.3 Å². The Morgan fingerprint density at radius 3 is 2.79 bits per heavy atom. The lowest BCUT2D eigenvalue weighted by molar-refractivity contribution is 0.0510. The Hall–Kier alpha value is -2.51. The van der Waals surface area contributed by atoms with Crippen molar-refractivity contribution in [1.82, 2.24) is 14.8 Å². The van der Waals surface area contributed by atoms with Crippen LogP contribution in [0.4, 0.5) is 0 Å². The van der Waals surface area contributed by atoms with Crippen LogP contribution in [0.25, 0.3) is 21.0 Å². The molecule has 2 heterocycles. The quantitative estimate of drug-likeness (QED) is 0.419. The molecule has 6 heteroatoms. The Balaban J connectivity index is 1.12. The van der Waals surface area contributed by atoms with Crippen molar-refractivity contribution < 1.29 is 9.84 Å². The number of rotatable bonds is 7. The minimum atomic E-state index is -0.534. The lowest BCUT2D eigenvalue weighted by Crippen LogP contribution is -2.47. The number of fused-ring (bicyclic) bond motifs is 2. The molecule has 4 aromatic rings. The Kier molecular flexibility index (Phi) is 6.60. The average molecular weight is 461 g/mol. The van der Waals surface area contributed by atoms with E-state index in [1.54, 1.807) is 11.3 Å². The molecule has 1 fully saturated rings. The summed E-state index contributed by atoms with van der Waals surface area (Å²) >= 11 is 1.68. The second-order valence-corrected chi connectivity index (χ2v) is 9.99. The van der Waals surface area contributed by atoms with Crippen LogP contribution in [0.3, 0.4) is 0 Å². The summed E-state index contributed by atoms with van der Waals surface area (Å²) in [4.78, 5) is 9.22. The molecule has 171 valence electrons. The maximum atomic E-state index is 10.5. The minimum absolute atomic E-state index is 0.279. The van der Waals surface area contributed by atoms with Crippen molar-refractivity contribution in [3.05, 3.63) is 77.8 Å². The largest absolute Gasteiger partial charge is 0.491 e. The van der Waals surface area contributed by atoms with Crippen LogP contribution in [0, 0.1) is 13.5 Å². The van der Waals surface area contributed by atoms with Crippen molar-refractivity contribution >= 4 is 32.3 Å². The van der Waals surface area contributed by atoms with E-state index in [0.717, 1.165) is 40.6 Å². The number of aromatic nitrogens is 1. The molecule has 5 rings (SSSR count). The SMILES string of the molecule is Cc1nc2cc(OC[C@H](O)CN3C[CH]N([C@H](C)c4cccc5ccccc45)CC3)ccc2s1. The van der Waals surface area contributed by atoms with Crippen LogP contribution in [0.2, 0.25) is 0 Å². The zero-order valence-corrected chi connectivity index (χ0v) is 20.0. The minimum Gasteiger partial charge on any atom is -0.491 e. The molecule has 0 spiro atoms. The van der Waals surface area contributed by atoms with E-state index in [9.17, 15) is 5.11 Å². The van der Waals surface area contributed by atoms with Gasteiger partial charge in [0.15, 0.2) is 0 Å². The van der Waals surface area contributed by atoms with E-state index in [4.69, 9.17) is 4.74 Å². The molecule has 0 bridgehead atoms. The number of aliphatic hydroxyl groups is 1. The molecule has 0 aliphatic carbocycles. The molecule has 2 atom stereocenters. The summed E-state index contributed by atoms with van der Waals surface area (Å²) < 4.78 is 7.01. The van der Waals surface area contributed by atoms with Gasteiger partial charge in [-0.3, -0.25) is 9.80 Å². The summed E-state index contributed by atoms with van der Waals surface area (Å²) in [5.74, 6) is 0.757. The highest BCUT2D eigenvalue weighted by atomic mass is 32.1. The molecular formula is C27H30N3O2S. The van der Waals surface area contributed by atoms with Gasteiger partial charge in [0.05, 0.1) is 15.2 Å². The van der Waals surface area contributed by atoms with Gasteiger partial charge in [-0.2, -0.15) is 0 Å². The van der Waals surface area contributed by atoms with Gasteiger partial charge in [0, 0.05) is 44.8 Å². The predicted octanol–water partition coefficient (Wildman–Crippen LogP) is 5.04. The lowest BCUT2D eigenvalue weighted by Gasteiger charge is -2.38. The van der Waals surface area contributed by atoms with Gasteiger partial charge in [-0.1, -0.05) is 42.5 Å². The fourth-order valence-electron chi connectivity index (χ4n) is 4.63. The Morgan fingerprint density at radius 2 is 1.94 bits per heavy atom. The molecule has 3 aromatic carbocycles. The zero-order chi connectivity index (χ0) is 22.8. The van der Waals surface area contributed by atoms with E-state index >= 15 is 0 Å². The van der Waals surface area contributed by atoms with E-state index in [1.165, 1.54) is 16.3 Å². The van der Waals surface area contributed by atoms with E-state index < -0.39 is 6.10 Å². The van der Waals surface area contributed by atoms with Crippen LogP contribution in [0.5, 0.6) is 5.75 Å². The third-order valence-electron chi connectivity index (χ3n) is 6.40. The summed E-state index contributed by atoms with van der Waals surface area (Å²) in [5.41, 5.74) is 2.31. The van der Waals surface area contributed by atoms with E-state index in [-0.39, 0.29) is 6.61 Å². The van der Waals surface area contributed by atoms with Crippen molar-refractivity contribution in [3.63, 3.8) is 0 Å². The molecule has 33 heavy (non-hydrogen) atoms. The monoisotopic (exact) mass is 460 g/mol. The van der Waals surface area contributed by atoms with Gasteiger partial charge in [-0.05, 0) is 42.3 Å². The van der Waals surface area contributed by atoms with Crippen LogP contribution < -0.4 is 4.74 Å². The first-order valence-corrected chi connectivity index (χ1v) is 12.4. The summed E-state index contributed by atoms with van der Waals surface area (Å²) in [6.45, 7) is 10.1. The van der Waals surface area contributed by atoms with Gasteiger partial charge >= 0.3 is 0 Å². The number of piperazine rings is 1. The molecule has 1 aliphatic rings. The van der Waals surface area contributed by atoms with Crippen molar-refractivity contribution in [3.8, 4) is 5.75 Å². The van der Waals surface area contributed by atoms with Crippen molar-refractivity contribution in [2.24, 2.45) is 0 Å². The number of benzene rings is 3. The van der Waals surface area contributed by atoms with Crippen LogP contribution in [-0.2, 0) is 0 Å². The summed E-state index contributed by atoms with van der Waals surface area (Å²) in [7, 11) is 0. The van der Waals surface area contributed by atoms with Crippen LogP contribution in [0.15, 0.2) is 60.7 Å². The molecule has 1 radical (unpaired) electrons. The first kappa shape index (κ1) is 22.3. The number of thiazole rings is 1. The second-order valence-electron chi connectivity index (χ2n) is 8.75. The number of aliphatic hydroxyl groups excluding tert-OH is 1. The first-order valence-electron chi connectivity index (χ1n) is 11.5. The number of hydrogen-bond acceptors (Lipinski definition) is 6. The smallest absolute Gasteiger partial charge is 0.121 e. The molecule has 0 amide bonds. The van der Waals surface area contributed by atoms with E-state index in [0.29, 0.717) is 12.6 Å². The normalized spacial score (nSPS) is 17.4. The molecule has 0 saturated carbocycles. The second kappa shape index (κ2) is 9.77. The summed E-state index contributed by atoms with van der Waals surface area (Å²) in [5, 5.41) is 14.2. The van der Waals surface area contributed by atoms with Gasteiger partial charge in [-0.15, -0.1) is 11.3 Å². The topological polar surface area (TPSA) is 48.8 Å². The summed E-state index contributed by atoms with van der Waals surface area (Å²) in [6.07, 6.45) is -0.534. The fourth-order valence-corrected chi connectivity index (χ4v) is 5.43. The molecule has 1 aromatic heterocycles.